The van der Waals surface area contributed by atoms with Crippen LogP contribution in [0.3, 0.4) is 0 Å². The third kappa shape index (κ3) is 11.2. The van der Waals surface area contributed by atoms with Crippen LogP contribution in [0.1, 0.15) is 6.42 Å². The first-order valence-electron chi connectivity index (χ1n) is 17.8. The van der Waals surface area contributed by atoms with Gasteiger partial charge in [-0.3, -0.25) is 0 Å². The molecule has 0 aliphatic heterocycles. The fourth-order valence-corrected chi connectivity index (χ4v) is 33.1. The average molecular weight is 888 g/mol. The highest BCUT2D eigenvalue weighted by Gasteiger charge is 2.57. The molecular formula is C29H84N16O3P5Si+. The molecule has 54 heavy (non-hydrogen) atoms. The van der Waals surface area contributed by atoms with Gasteiger partial charge in [0.25, 0.3) is 0 Å². The van der Waals surface area contributed by atoms with Gasteiger partial charge in [0.15, 0.2) is 0 Å². The predicted molar refractivity (Wildman–Crippen MR) is 244 cm³/mol. The van der Waals surface area contributed by atoms with Crippen LogP contribution in [0.15, 0.2) is 18.1 Å². The lowest BCUT2D eigenvalue weighted by molar-refractivity contribution is 0.122. The van der Waals surface area contributed by atoms with Crippen LogP contribution in [0.4, 0.5) is 0 Å². The summed E-state index contributed by atoms with van der Waals surface area (Å²) >= 11 is 0. The zero-order chi connectivity index (χ0) is 43.0. The molecule has 25 heteroatoms. The standard InChI is InChI=1S/C29H84N16O3P5Si/c1-34(2)50(35(3)4,36(5)6)30-49(31-51(37(7)8,38(9)10)39(11)12,32-52(40(13)14,41(15)16)42(17)18)33-53(43(19)20,44(21)22)45(23)28-27-29-54(46-24,47-25)48-26/h27-29H2,1-26H3/q+1. The lowest BCUT2D eigenvalue weighted by atomic mass is 10.5. The van der Waals surface area contributed by atoms with E-state index in [-0.39, 0.29) is 0 Å². The Morgan fingerprint density at radius 2 is 0.574 bits per heavy atom. The molecule has 0 radical (unpaired) electrons. The Labute approximate surface area is 335 Å². The number of nitrogens with zero attached hydrogens (tertiary/aromatic N) is 16. The maximum atomic E-state index is 6.27. The van der Waals surface area contributed by atoms with E-state index in [4.69, 9.17) is 31.3 Å². The van der Waals surface area contributed by atoms with Gasteiger partial charge in [-0.25, -0.2) is 56.0 Å². The number of rotatable bonds is 23. The summed E-state index contributed by atoms with van der Waals surface area (Å²) < 4.78 is 69.3. The summed E-state index contributed by atoms with van der Waals surface area (Å²) in [6, 6.07) is 0.657. The Morgan fingerprint density at radius 3 is 0.759 bits per heavy atom. The average Bonchev–Trinajstić information content (AvgIpc) is 3.04. The molecule has 0 atom stereocenters. The van der Waals surface area contributed by atoms with Gasteiger partial charge < -0.3 is 13.3 Å². The first-order valence-corrected chi connectivity index (χ1v) is 27.7. The largest absolute Gasteiger partial charge is 0.502 e. The van der Waals surface area contributed by atoms with Crippen LogP contribution in [0.2, 0.25) is 6.04 Å². The smallest absolute Gasteiger partial charge is 0.377 e. The van der Waals surface area contributed by atoms with Gasteiger partial charge in [0.1, 0.15) is 0 Å². The van der Waals surface area contributed by atoms with E-state index in [1.54, 1.807) is 21.3 Å². The van der Waals surface area contributed by atoms with Crippen LogP contribution >= 0.6 is 37.9 Å². The Bertz CT molecular complexity index is 1180. The van der Waals surface area contributed by atoms with Gasteiger partial charge in [-0.15, -0.1) is 0 Å². The molecule has 0 rings (SSSR count). The van der Waals surface area contributed by atoms with Crippen molar-refractivity contribution in [3.63, 3.8) is 0 Å². The molecule has 0 aliphatic rings. The van der Waals surface area contributed by atoms with Gasteiger partial charge in [-0.1, -0.05) is 0 Å². The van der Waals surface area contributed by atoms with E-state index in [0.29, 0.717) is 12.6 Å². The number of hydrogen-bond acceptors (Lipinski definition) is 7. The van der Waals surface area contributed by atoms with E-state index in [2.05, 4.69) is 218 Å². The third-order valence-corrected chi connectivity index (χ3v) is 32.7. The second-order valence-electron chi connectivity index (χ2n) is 15.1. The van der Waals surface area contributed by atoms with Crippen molar-refractivity contribution in [3.8, 4) is 0 Å². The molecule has 0 unspecified atom stereocenters. The molecule has 0 saturated carbocycles. The molecular weight excluding hydrogens is 803 g/mol. The van der Waals surface area contributed by atoms with Gasteiger partial charge >= 0.3 is 16.7 Å². The second kappa shape index (κ2) is 22.0. The minimum atomic E-state index is -3.58. The molecule has 0 N–H and O–H groups in total. The highest BCUT2D eigenvalue weighted by molar-refractivity contribution is 7.88. The summed E-state index contributed by atoms with van der Waals surface area (Å²) in [5.74, 6) is 0. The van der Waals surface area contributed by atoms with Crippen LogP contribution < -0.4 is 0 Å². The first-order chi connectivity index (χ1) is 24.5. The highest BCUT2D eigenvalue weighted by Crippen LogP contribution is 2.86. The van der Waals surface area contributed by atoms with E-state index in [1.165, 1.54) is 0 Å². The quantitative estimate of drug-likeness (QED) is 0.0906. The van der Waals surface area contributed by atoms with E-state index in [9.17, 15) is 0 Å². The van der Waals surface area contributed by atoms with Crippen LogP contribution in [0.25, 0.3) is 0 Å². The SMILES string of the molecule is CO[Si](CCCN(C)P(=N[P+](N=P(N(C)C)(N(C)C)N(C)C)(N=P(N(C)C)(N(C)C)N(C)C)N=P(N(C)C)(N(C)C)N(C)C)(N(C)C)N(C)C)(OC)OC. The molecule has 0 aromatic heterocycles. The molecule has 0 aromatic rings. The molecule has 0 aromatic carbocycles. The van der Waals surface area contributed by atoms with Crippen molar-refractivity contribution in [3.05, 3.63) is 0 Å². The second-order valence-corrected chi connectivity index (χ2v) is 35.9. The van der Waals surface area contributed by atoms with Crippen LogP contribution in [0.5, 0.6) is 0 Å². The van der Waals surface area contributed by atoms with Crippen LogP contribution in [-0.4, -0.2) is 255 Å². The Balaban J connectivity index is 9.97. The maximum absolute atomic E-state index is 6.27. The summed E-state index contributed by atoms with van der Waals surface area (Å²) in [6.45, 7) is 0.693. The van der Waals surface area contributed by atoms with Crippen molar-refractivity contribution in [1.82, 2.24) is 56.0 Å². The third-order valence-electron chi connectivity index (χ3n) is 9.22. The van der Waals surface area contributed by atoms with E-state index < -0.39 is 46.7 Å². The lowest BCUT2D eigenvalue weighted by Crippen LogP contribution is -2.43. The Kier molecular flexibility index (Phi) is 22.4. The summed E-state index contributed by atoms with van der Waals surface area (Å²) in [5.41, 5.74) is 0. The van der Waals surface area contributed by atoms with Crippen molar-refractivity contribution >= 4 is 46.7 Å². The van der Waals surface area contributed by atoms with Crippen molar-refractivity contribution in [2.24, 2.45) is 18.1 Å². The fourth-order valence-electron chi connectivity index (χ4n) is 7.10. The molecule has 0 heterocycles. The molecule has 0 fully saturated rings. The summed E-state index contributed by atoms with van der Waals surface area (Å²) in [7, 11) is 36.3. The zero-order valence-electron chi connectivity index (χ0n) is 39.2. The van der Waals surface area contributed by atoms with Crippen molar-refractivity contribution in [2.45, 2.75) is 12.5 Å². The van der Waals surface area contributed by atoms with Crippen molar-refractivity contribution in [2.75, 3.05) is 190 Å². The minimum absolute atomic E-state index is 0.657. The van der Waals surface area contributed by atoms with E-state index >= 15 is 0 Å². The molecule has 0 aliphatic carbocycles. The van der Waals surface area contributed by atoms with Gasteiger partial charge in [0.2, 0.25) is 30.0 Å². The molecule has 326 valence electrons. The highest BCUT2D eigenvalue weighted by atomic mass is 31.3. The lowest BCUT2D eigenvalue weighted by Gasteiger charge is -2.45. The summed E-state index contributed by atoms with van der Waals surface area (Å²) in [5, 5.41) is 0. The summed E-state index contributed by atoms with van der Waals surface area (Å²) in [6.07, 6.45) is 0.770. The monoisotopic (exact) mass is 888 g/mol. The van der Waals surface area contributed by atoms with Gasteiger partial charge in [-0.2, -0.15) is 0 Å². The molecule has 0 bridgehead atoms. The van der Waals surface area contributed by atoms with Gasteiger partial charge in [-0.05, 0) is 187 Å². The normalized spacial score (nSPS) is 14.7. The van der Waals surface area contributed by atoms with E-state index in [0.717, 1.165) is 6.42 Å². The Morgan fingerprint density at radius 1 is 0.370 bits per heavy atom. The molecule has 0 spiro atoms. The van der Waals surface area contributed by atoms with Crippen molar-refractivity contribution < 1.29 is 13.3 Å². The van der Waals surface area contributed by atoms with Crippen LogP contribution in [-0.2, 0) is 13.3 Å². The van der Waals surface area contributed by atoms with E-state index in [1.807, 2.05) is 0 Å². The summed E-state index contributed by atoms with van der Waals surface area (Å²) in [4.78, 5) is 0. The van der Waals surface area contributed by atoms with Crippen LogP contribution in [0, 0.1) is 0 Å². The first kappa shape index (κ1) is 55.0. The fraction of sp³-hybridized carbons (Fsp3) is 1.00. The zero-order valence-corrected chi connectivity index (χ0v) is 44.7. The molecule has 0 amide bonds. The topological polar surface area (TPSA) is 116 Å². The molecule has 19 nitrogen and oxygen atoms in total. The van der Waals surface area contributed by atoms with Gasteiger partial charge in [0, 0.05) is 33.9 Å². The predicted octanol–water partition coefficient (Wildman–Crippen LogP) is 5.83. The van der Waals surface area contributed by atoms with Crippen molar-refractivity contribution in [1.29, 1.82) is 0 Å². The minimum Gasteiger partial charge on any atom is -0.377 e. The van der Waals surface area contributed by atoms with Gasteiger partial charge in [0.05, 0.1) is 0 Å². The maximum Gasteiger partial charge on any atom is 0.502 e. The molecule has 0 saturated heterocycles. The Hall–Kier alpha value is 0.967. The number of hydrogen-bond donors (Lipinski definition) is 0.